The number of benzene rings is 2. The quantitative estimate of drug-likeness (QED) is 0.784. The van der Waals surface area contributed by atoms with Gasteiger partial charge in [0.25, 0.3) is 0 Å². The minimum atomic E-state index is -0.125. The molecule has 3 rings (SSSR count). The lowest BCUT2D eigenvalue weighted by molar-refractivity contribution is -0.126. The molecular weight excluding hydrogens is 370 g/mol. The maximum absolute atomic E-state index is 12.5. The topological polar surface area (TPSA) is 79.9 Å². The summed E-state index contributed by atoms with van der Waals surface area (Å²) in [4.78, 5) is 26.6. The van der Waals surface area contributed by atoms with Crippen molar-refractivity contribution in [3.63, 3.8) is 0 Å². The van der Waals surface area contributed by atoms with Gasteiger partial charge in [0.2, 0.25) is 5.91 Å². The molecule has 0 radical (unpaired) electrons. The van der Waals surface area contributed by atoms with Gasteiger partial charge in [-0.05, 0) is 42.7 Å². The molecule has 7 nitrogen and oxygen atoms in total. The van der Waals surface area contributed by atoms with E-state index in [0.717, 1.165) is 11.3 Å². The molecule has 0 saturated carbocycles. The van der Waals surface area contributed by atoms with Crippen molar-refractivity contribution in [1.29, 1.82) is 0 Å². The number of hydrogen-bond donors (Lipinski definition) is 2. The minimum absolute atomic E-state index is 0.0166. The van der Waals surface area contributed by atoms with E-state index in [-0.39, 0.29) is 17.9 Å². The number of urea groups is 1. The zero-order valence-electron chi connectivity index (χ0n) is 16.8. The number of methoxy groups -OCH3 is 2. The third kappa shape index (κ3) is 5.40. The van der Waals surface area contributed by atoms with Gasteiger partial charge in [-0.1, -0.05) is 24.3 Å². The first-order valence-electron chi connectivity index (χ1n) is 9.70. The summed E-state index contributed by atoms with van der Waals surface area (Å²) in [7, 11) is 3.17. The van der Waals surface area contributed by atoms with Crippen LogP contribution in [0.2, 0.25) is 0 Å². The number of nitrogens with one attached hydrogen (secondary N) is 2. The maximum atomic E-state index is 12.5. The molecule has 0 unspecified atom stereocenters. The Labute approximate surface area is 171 Å². The maximum Gasteiger partial charge on any atom is 0.321 e. The smallest absolute Gasteiger partial charge is 0.321 e. The van der Waals surface area contributed by atoms with E-state index in [0.29, 0.717) is 44.0 Å². The summed E-state index contributed by atoms with van der Waals surface area (Å²) in [5.74, 6) is 1.22. The number of hydrogen-bond acceptors (Lipinski definition) is 4. The monoisotopic (exact) mass is 397 g/mol. The molecule has 2 aromatic rings. The Bertz CT molecular complexity index is 833. The highest BCUT2D eigenvalue weighted by Gasteiger charge is 2.27. The van der Waals surface area contributed by atoms with Crippen LogP contribution in [0.25, 0.3) is 0 Å². The van der Waals surface area contributed by atoms with Crippen molar-refractivity contribution in [2.75, 3.05) is 32.6 Å². The van der Waals surface area contributed by atoms with Gasteiger partial charge in [-0.3, -0.25) is 4.79 Å². The van der Waals surface area contributed by atoms with Gasteiger partial charge in [0, 0.05) is 31.2 Å². The molecule has 0 spiro atoms. The molecule has 0 aromatic heterocycles. The summed E-state index contributed by atoms with van der Waals surface area (Å²) in [6.07, 6.45) is 1.31. The Morgan fingerprint density at radius 3 is 2.34 bits per heavy atom. The summed E-state index contributed by atoms with van der Waals surface area (Å²) in [6, 6.07) is 14.8. The van der Waals surface area contributed by atoms with Gasteiger partial charge in [0.05, 0.1) is 14.2 Å². The van der Waals surface area contributed by atoms with E-state index in [1.165, 1.54) is 0 Å². The van der Waals surface area contributed by atoms with Crippen LogP contribution in [0.4, 0.5) is 10.5 Å². The lowest BCUT2D eigenvalue weighted by atomic mass is 9.96. The van der Waals surface area contributed by atoms with Gasteiger partial charge in [0.1, 0.15) is 0 Å². The number of piperidine rings is 1. The van der Waals surface area contributed by atoms with E-state index < -0.39 is 0 Å². The van der Waals surface area contributed by atoms with Crippen LogP contribution >= 0.6 is 0 Å². The summed E-state index contributed by atoms with van der Waals surface area (Å²) in [6.45, 7) is 1.55. The fourth-order valence-electron chi connectivity index (χ4n) is 3.39. The number of likely N-dealkylation sites (tertiary alicyclic amines) is 1. The Balaban J connectivity index is 1.46. The Kier molecular flexibility index (Phi) is 6.94. The standard InChI is InChI=1S/C22H27N3O4/c1-28-19-9-8-16(14-20(19)29-2)15-23-21(26)17-10-12-25(13-11-17)22(27)24-18-6-4-3-5-7-18/h3-9,14,17H,10-13,15H2,1-2H3,(H,23,26)(H,24,27). The van der Waals surface area contributed by atoms with E-state index >= 15 is 0 Å². The molecule has 7 heteroatoms. The Morgan fingerprint density at radius 1 is 1.00 bits per heavy atom. The summed E-state index contributed by atoms with van der Waals surface area (Å²) < 4.78 is 10.5. The summed E-state index contributed by atoms with van der Waals surface area (Å²) in [5, 5.41) is 5.87. The fraction of sp³-hybridized carbons (Fsp3) is 0.364. The van der Waals surface area contributed by atoms with E-state index in [1.807, 2.05) is 48.5 Å². The largest absolute Gasteiger partial charge is 0.493 e. The lowest BCUT2D eigenvalue weighted by Gasteiger charge is -2.31. The number of ether oxygens (including phenoxy) is 2. The van der Waals surface area contributed by atoms with Gasteiger partial charge in [-0.25, -0.2) is 4.79 Å². The van der Waals surface area contributed by atoms with Crippen LogP contribution in [0, 0.1) is 5.92 Å². The number of carbonyl (C=O) groups is 2. The van der Waals surface area contributed by atoms with Gasteiger partial charge in [-0.2, -0.15) is 0 Å². The molecule has 1 aliphatic rings. The van der Waals surface area contributed by atoms with E-state index in [2.05, 4.69) is 10.6 Å². The second-order valence-electron chi connectivity index (χ2n) is 6.96. The summed E-state index contributed by atoms with van der Waals surface area (Å²) in [5.41, 5.74) is 1.71. The average molecular weight is 397 g/mol. The first kappa shape index (κ1) is 20.5. The van der Waals surface area contributed by atoms with Crippen LogP contribution in [0.3, 0.4) is 0 Å². The SMILES string of the molecule is COc1ccc(CNC(=O)C2CCN(C(=O)Nc3ccccc3)CC2)cc1OC. The van der Waals surface area contributed by atoms with Gasteiger partial charge in [0.15, 0.2) is 11.5 Å². The number of anilines is 1. The van der Waals surface area contributed by atoms with Crippen molar-refractivity contribution in [2.45, 2.75) is 19.4 Å². The van der Waals surface area contributed by atoms with Crippen molar-refractivity contribution in [1.82, 2.24) is 10.2 Å². The highest BCUT2D eigenvalue weighted by molar-refractivity contribution is 5.89. The molecular formula is C22H27N3O4. The zero-order chi connectivity index (χ0) is 20.6. The molecule has 154 valence electrons. The second-order valence-corrected chi connectivity index (χ2v) is 6.96. The molecule has 0 bridgehead atoms. The highest BCUT2D eigenvalue weighted by Crippen LogP contribution is 2.27. The Morgan fingerprint density at radius 2 is 1.69 bits per heavy atom. The van der Waals surface area contributed by atoms with Crippen LogP contribution < -0.4 is 20.1 Å². The molecule has 3 amide bonds. The number of carbonyl (C=O) groups excluding carboxylic acids is 2. The third-order valence-electron chi connectivity index (χ3n) is 5.09. The molecule has 2 N–H and O–H groups in total. The zero-order valence-corrected chi connectivity index (χ0v) is 16.8. The number of para-hydroxylation sites is 1. The van der Waals surface area contributed by atoms with Crippen LogP contribution in [0.5, 0.6) is 11.5 Å². The van der Waals surface area contributed by atoms with Gasteiger partial charge in [-0.15, -0.1) is 0 Å². The van der Waals surface area contributed by atoms with E-state index in [9.17, 15) is 9.59 Å². The molecule has 0 aliphatic carbocycles. The van der Waals surface area contributed by atoms with Crippen LogP contribution in [0.15, 0.2) is 48.5 Å². The molecule has 2 aromatic carbocycles. The van der Waals surface area contributed by atoms with Crippen LogP contribution in [0.1, 0.15) is 18.4 Å². The van der Waals surface area contributed by atoms with Gasteiger partial charge >= 0.3 is 6.03 Å². The fourth-order valence-corrected chi connectivity index (χ4v) is 3.39. The van der Waals surface area contributed by atoms with Crippen molar-refractivity contribution in [3.05, 3.63) is 54.1 Å². The normalized spacial score (nSPS) is 14.2. The molecule has 29 heavy (non-hydrogen) atoms. The lowest BCUT2D eigenvalue weighted by Crippen LogP contribution is -2.44. The predicted molar refractivity (Wildman–Crippen MR) is 111 cm³/mol. The number of nitrogens with zero attached hydrogens (tertiary/aromatic N) is 1. The molecule has 1 saturated heterocycles. The number of amides is 3. The summed E-state index contributed by atoms with van der Waals surface area (Å²) >= 11 is 0. The molecule has 1 heterocycles. The van der Waals surface area contributed by atoms with Crippen LogP contribution in [-0.2, 0) is 11.3 Å². The Hall–Kier alpha value is -3.22. The van der Waals surface area contributed by atoms with Crippen molar-refractivity contribution in [2.24, 2.45) is 5.92 Å². The molecule has 0 atom stereocenters. The van der Waals surface area contributed by atoms with Crippen molar-refractivity contribution < 1.29 is 19.1 Å². The molecule has 1 fully saturated rings. The van der Waals surface area contributed by atoms with Crippen molar-refractivity contribution >= 4 is 17.6 Å². The van der Waals surface area contributed by atoms with Crippen LogP contribution in [-0.4, -0.2) is 44.1 Å². The van der Waals surface area contributed by atoms with Gasteiger partial charge < -0.3 is 25.0 Å². The predicted octanol–water partition coefficient (Wildman–Crippen LogP) is 3.26. The van der Waals surface area contributed by atoms with Crippen molar-refractivity contribution in [3.8, 4) is 11.5 Å². The number of rotatable bonds is 6. The minimum Gasteiger partial charge on any atom is -0.493 e. The third-order valence-corrected chi connectivity index (χ3v) is 5.09. The average Bonchev–Trinajstić information content (AvgIpc) is 2.78. The highest BCUT2D eigenvalue weighted by atomic mass is 16.5. The second kappa shape index (κ2) is 9.82. The first-order chi connectivity index (χ1) is 14.1. The first-order valence-corrected chi connectivity index (χ1v) is 9.70. The van der Waals surface area contributed by atoms with E-state index in [4.69, 9.17) is 9.47 Å². The van der Waals surface area contributed by atoms with E-state index in [1.54, 1.807) is 19.1 Å². The molecule has 1 aliphatic heterocycles.